The fraction of sp³-hybridized carbons (Fsp3) is 0.455. The summed E-state index contributed by atoms with van der Waals surface area (Å²) in [6.45, 7) is 5.04. The topological polar surface area (TPSA) is 26.0 Å². The van der Waals surface area contributed by atoms with Crippen LogP contribution in [0.15, 0.2) is 17.0 Å². The standard InChI is InChI=1S/C11H17NS/c1-8-6-10(4-5-12)11(13-3)7-9(8)2/h6-7H,4-5,12H2,1-3H3. The van der Waals surface area contributed by atoms with Crippen LogP contribution >= 0.6 is 11.8 Å². The second-order valence-corrected chi connectivity index (χ2v) is 4.14. The molecule has 0 aliphatic carbocycles. The molecule has 0 aliphatic rings. The van der Waals surface area contributed by atoms with Crippen molar-refractivity contribution in [2.75, 3.05) is 12.8 Å². The second-order valence-electron chi connectivity index (χ2n) is 3.29. The lowest BCUT2D eigenvalue weighted by Gasteiger charge is -2.09. The average molecular weight is 195 g/mol. The van der Waals surface area contributed by atoms with Gasteiger partial charge in [0.15, 0.2) is 0 Å². The Kier molecular flexibility index (Phi) is 3.82. The number of rotatable bonds is 3. The smallest absolute Gasteiger partial charge is 0.0104 e. The van der Waals surface area contributed by atoms with Crippen LogP contribution in [0, 0.1) is 13.8 Å². The van der Waals surface area contributed by atoms with Gasteiger partial charge in [-0.1, -0.05) is 6.07 Å². The van der Waals surface area contributed by atoms with Crippen molar-refractivity contribution in [3.05, 3.63) is 28.8 Å². The summed E-state index contributed by atoms with van der Waals surface area (Å²) < 4.78 is 0. The third kappa shape index (κ3) is 2.48. The van der Waals surface area contributed by atoms with Crippen LogP contribution in [0.4, 0.5) is 0 Å². The maximum atomic E-state index is 5.56. The molecule has 0 radical (unpaired) electrons. The highest BCUT2D eigenvalue weighted by Crippen LogP contribution is 2.24. The summed E-state index contributed by atoms with van der Waals surface area (Å²) in [5.41, 5.74) is 9.68. The first-order chi connectivity index (χ1) is 6.19. The molecular weight excluding hydrogens is 178 g/mol. The number of benzene rings is 1. The normalized spacial score (nSPS) is 10.5. The van der Waals surface area contributed by atoms with E-state index in [0.717, 1.165) is 13.0 Å². The predicted octanol–water partition coefficient (Wildman–Crippen LogP) is 2.53. The fourth-order valence-electron chi connectivity index (χ4n) is 1.39. The Morgan fingerprint density at radius 2 is 1.85 bits per heavy atom. The Labute approximate surface area is 84.7 Å². The van der Waals surface area contributed by atoms with Crippen molar-refractivity contribution in [2.45, 2.75) is 25.2 Å². The van der Waals surface area contributed by atoms with E-state index < -0.39 is 0 Å². The Morgan fingerprint density at radius 3 is 2.38 bits per heavy atom. The first-order valence-electron chi connectivity index (χ1n) is 4.53. The fourth-order valence-corrected chi connectivity index (χ4v) is 2.11. The molecule has 1 nitrogen and oxygen atoms in total. The van der Waals surface area contributed by atoms with Gasteiger partial charge < -0.3 is 5.73 Å². The molecule has 1 aromatic rings. The van der Waals surface area contributed by atoms with Crippen molar-refractivity contribution in [3.63, 3.8) is 0 Å². The van der Waals surface area contributed by atoms with Crippen molar-refractivity contribution in [1.82, 2.24) is 0 Å². The van der Waals surface area contributed by atoms with Gasteiger partial charge in [0.2, 0.25) is 0 Å². The largest absolute Gasteiger partial charge is 0.330 e. The molecule has 0 bridgehead atoms. The molecule has 2 N–H and O–H groups in total. The van der Waals surface area contributed by atoms with E-state index in [0.29, 0.717) is 0 Å². The van der Waals surface area contributed by atoms with Crippen molar-refractivity contribution in [1.29, 1.82) is 0 Å². The summed E-state index contributed by atoms with van der Waals surface area (Å²) in [5.74, 6) is 0. The summed E-state index contributed by atoms with van der Waals surface area (Å²) in [6.07, 6.45) is 3.10. The van der Waals surface area contributed by atoms with Crippen LogP contribution in [0.3, 0.4) is 0 Å². The van der Waals surface area contributed by atoms with Gasteiger partial charge in [0, 0.05) is 4.90 Å². The van der Waals surface area contributed by atoms with E-state index in [-0.39, 0.29) is 0 Å². The predicted molar refractivity (Wildman–Crippen MR) is 60.5 cm³/mol. The molecule has 0 saturated heterocycles. The highest BCUT2D eigenvalue weighted by Gasteiger charge is 2.03. The Hall–Kier alpha value is -0.470. The van der Waals surface area contributed by atoms with Crippen LogP contribution in [0.5, 0.6) is 0 Å². The minimum Gasteiger partial charge on any atom is -0.330 e. The van der Waals surface area contributed by atoms with Crippen LogP contribution < -0.4 is 5.73 Å². The number of aryl methyl sites for hydroxylation is 2. The maximum Gasteiger partial charge on any atom is 0.0104 e. The number of hydrogen-bond donors (Lipinski definition) is 1. The van der Waals surface area contributed by atoms with Crippen LogP contribution in [0.2, 0.25) is 0 Å². The molecule has 0 unspecified atom stereocenters. The van der Waals surface area contributed by atoms with Gasteiger partial charge in [0.05, 0.1) is 0 Å². The van der Waals surface area contributed by atoms with E-state index in [9.17, 15) is 0 Å². The van der Waals surface area contributed by atoms with Crippen molar-refractivity contribution < 1.29 is 0 Å². The van der Waals surface area contributed by atoms with Gasteiger partial charge in [0.25, 0.3) is 0 Å². The van der Waals surface area contributed by atoms with Gasteiger partial charge in [0.1, 0.15) is 0 Å². The van der Waals surface area contributed by atoms with Gasteiger partial charge in [-0.25, -0.2) is 0 Å². The lowest BCUT2D eigenvalue weighted by molar-refractivity contribution is 0.939. The molecule has 0 fully saturated rings. The number of thioether (sulfide) groups is 1. The molecule has 2 heteroatoms. The summed E-state index contributed by atoms with van der Waals surface area (Å²) >= 11 is 1.80. The summed E-state index contributed by atoms with van der Waals surface area (Å²) in [5, 5.41) is 0. The van der Waals surface area contributed by atoms with E-state index in [1.807, 2.05) is 0 Å². The van der Waals surface area contributed by atoms with E-state index in [4.69, 9.17) is 5.73 Å². The summed E-state index contributed by atoms with van der Waals surface area (Å²) in [4.78, 5) is 1.37. The molecule has 72 valence electrons. The maximum absolute atomic E-state index is 5.56. The molecule has 0 aromatic heterocycles. The van der Waals surface area contributed by atoms with E-state index in [1.54, 1.807) is 11.8 Å². The first-order valence-corrected chi connectivity index (χ1v) is 5.75. The van der Waals surface area contributed by atoms with E-state index in [2.05, 4.69) is 32.2 Å². The van der Waals surface area contributed by atoms with Crippen LogP contribution in [-0.4, -0.2) is 12.8 Å². The summed E-state index contributed by atoms with van der Waals surface area (Å²) in [6, 6.07) is 4.51. The van der Waals surface area contributed by atoms with Gasteiger partial charge in [-0.3, -0.25) is 0 Å². The average Bonchev–Trinajstić information content (AvgIpc) is 2.11. The van der Waals surface area contributed by atoms with Crippen LogP contribution in [0.25, 0.3) is 0 Å². The zero-order chi connectivity index (χ0) is 9.84. The summed E-state index contributed by atoms with van der Waals surface area (Å²) in [7, 11) is 0. The zero-order valence-electron chi connectivity index (χ0n) is 8.55. The minimum atomic E-state index is 0.732. The van der Waals surface area contributed by atoms with E-state index in [1.165, 1.54) is 21.6 Å². The first kappa shape index (κ1) is 10.6. The van der Waals surface area contributed by atoms with E-state index >= 15 is 0 Å². The molecule has 1 aromatic carbocycles. The van der Waals surface area contributed by atoms with Gasteiger partial charge >= 0.3 is 0 Å². The third-order valence-corrected chi connectivity index (χ3v) is 3.13. The lowest BCUT2D eigenvalue weighted by atomic mass is 10.0. The molecule has 0 spiro atoms. The molecule has 0 heterocycles. The monoisotopic (exact) mass is 195 g/mol. The molecule has 1 rings (SSSR count). The lowest BCUT2D eigenvalue weighted by Crippen LogP contribution is -2.04. The second kappa shape index (κ2) is 4.68. The van der Waals surface area contributed by atoms with Gasteiger partial charge in [-0.05, 0) is 55.8 Å². The minimum absolute atomic E-state index is 0.732. The highest BCUT2D eigenvalue weighted by molar-refractivity contribution is 7.98. The molecular formula is C11H17NS. The molecule has 0 amide bonds. The highest BCUT2D eigenvalue weighted by atomic mass is 32.2. The number of hydrogen-bond acceptors (Lipinski definition) is 2. The molecule has 0 saturated carbocycles. The molecule has 0 atom stereocenters. The molecule has 13 heavy (non-hydrogen) atoms. The van der Waals surface area contributed by atoms with Crippen molar-refractivity contribution in [2.24, 2.45) is 5.73 Å². The SMILES string of the molecule is CSc1cc(C)c(C)cc1CCN. The van der Waals surface area contributed by atoms with Crippen molar-refractivity contribution >= 4 is 11.8 Å². The van der Waals surface area contributed by atoms with Crippen LogP contribution in [0.1, 0.15) is 16.7 Å². The Bertz CT molecular complexity index is 294. The van der Waals surface area contributed by atoms with Gasteiger partial charge in [-0.15, -0.1) is 11.8 Å². The quantitative estimate of drug-likeness (QED) is 0.750. The molecule has 0 aliphatic heterocycles. The zero-order valence-corrected chi connectivity index (χ0v) is 9.37. The Balaban J connectivity index is 3.09. The van der Waals surface area contributed by atoms with Crippen molar-refractivity contribution in [3.8, 4) is 0 Å². The van der Waals surface area contributed by atoms with Gasteiger partial charge in [-0.2, -0.15) is 0 Å². The number of nitrogens with two attached hydrogens (primary N) is 1. The van der Waals surface area contributed by atoms with Crippen LogP contribution in [-0.2, 0) is 6.42 Å². The Morgan fingerprint density at radius 1 is 1.23 bits per heavy atom. The third-order valence-electron chi connectivity index (χ3n) is 2.31.